The van der Waals surface area contributed by atoms with Crippen LogP contribution in [0.1, 0.15) is 25.8 Å². The van der Waals surface area contributed by atoms with E-state index in [2.05, 4.69) is 24.1 Å². The third kappa shape index (κ3) is 4.32. The maximum absolute atomic E-state index is 13.7. The number of hydrogen-bond acceptors (Lipinski definition) is 3. The quantitative estimate of drug-likeness (QED) is 0.798. The van der Waals surface area contributed by atoms with E-state index in [0.29, 0.717) is 12.1 Å². The monoisotopic (exact) mass is 383 g/mol. The van der Waals surface area contributed by atoms with Gasteiger partial charge in [-0.15, -0.1) is 0 Å². The number of anilines is 2. The van der Waals surface area contributed by atoms with Gasteiger partial charge in [0, 0.05) is 49.5 Å². The Hall–Kier alpha value is -2.89. The van der Waals surface area contributed by atoms with Gasteiger partial charge in [0.05, 0.1) is 5.92 Å². The molecule has 3 rings (SSSR count). The molecular formula is C22H26FN3O2. The molecular weight excluding hydrogens is 357 g/mol. The van der Waals surface area contributed by atoms with Crippen molar-refractivity contribution in [3.63, 3.8) is 0 Å². The number of benzene rings is 2. The molecule has 1 heterocycles. The Labute approximate surface area is 165 Å². The highest BCUT2D eigenvalue weighted by Crippen LogP contribution is 2.27. The first-order valence-electron chi connectivity index (χ1n) is 9.70. The fraction of sp³-hybridized carbons (Fsp3) is 0.364. The minimum Gasteiger partial charge on any atom is -0.372 e. The van der Waals surface area contributed by atoms with Crippen molar-refractivity contribution in [3.8, 4) is 0 Å². The lowest BCUT2D eigenvalue weighted by Gasteiger charge is -2.22. The SMILES string of the molecule is CCN(CC)c1ccc(N2CC(C(=O)NCc3ccccc3F)CC2=O)cc1. The molecule has 2 aromatic carbocycles. The van der Waals surface area contributed by atoms with Crippen LogP contribution in [0.2, 0.25) is 0 Å². The molecule has 2 amide bonds. The Kier molecular flexibility index (Phi) is 6.29. The summed E-state index contributed by atoms with van der Waals surface area (Å²) in [5.41, 5.74) is 2.34. The number of nitrogens with one attached hydrogen (secondary N) is 1. The predicted octanol–water partition coefficient (Wildman–Crippen LogP) is 3.34. The highest BCUT2D eigenvalue weighted by atomic mass is 19.1. The van der Waals surface area contributed by atoms with E-state index in [-0.39, 0.29) is 30.6 Å². The zero-order chi connectivity index (χ0) is 20.1. The minimum absolute atomic E-state index is 0.0679. The summed E-state index contributed by atoms with van der Waals surface area (Å²) in [6, 6.07) is 14.2. The fourth-order valence-corrected chi connectivity index (χ4v) is 3.53. The first-order chi connectivity index (χ1) is 13.5. The van der Waals surface area contributed by atoms with Gasteiger partial charge in [-0.25, -0.2) is 4.39 Å². The number of amides is 2. The molecule has 6 heteroatoms. The Morgan fingerprint density at radius 1 is 1.14 bits per heavy atom. The molecule has 28 heavy (non-hydrogen) atoms. The molecule has 0 aromatic heterocycles. The second-order valence-electron chi connectivity index (χ2n) is 6.90. The van der Waals surface area contributed by atoms with Crippen molar-refractivity contribution < 1.29 is 14.0 Å². The van der Waals surface area contributed by atoms with Gasteiger partial charge in [0.1, 0.15) is 5.82 Å². The molecule has 1 saturated heterocycles. The van der Waals surface area contributed by atoms with Crippen LogP contribution in [0.4, 0.5) is 15.8 Å². The average Bonchev–Trinajstić information content (AvgIpc) is 3.10. The van der Waals surface area contributed by atoms with Crippen molar-refractivity contribution in [3.05, 3.63) is 59.9 Å². The summed E-state index contributed by atoms with van der Waals surface area (Å²) in [6.45, 7) is 6.50. The second-order valence-corrected chi connectivity index (χ2v) is 6.90. The fourth-order valence-electron chi connectivity index (χ4n) is 3.53. The average molecular weight is 383 g/mol. The van der Waals surface area contributed by atoms with Crippen molar-refractivity contribution in [2.45, 2.75) is 26.8 Å². The number of carbonyl (C=O) groups is 2. The lowest BCUT2D eigenvalue weighted by Crippen LogP contribution is -2.32. The van der Waals surface area contributed by atoms with Crippen LogP contribution in [0, 0.1) is 11.7 Å². The van der Waals surface area contributed by atoms with E-state index < -0.39 is 5.92 Å². The topological polar surface area (TPSA) is 52.6 Å². The molecule has 148 valence electrons. The smallest absolute Gasteiger partial charge is 0.227 e. The summed E-state index contributed by atoms with van der Waals surface area (Å²) in [6.07, 6.45) is 0.168. The van der Waals surface area contributed by atoms with Crippen LogP contribution in [-0.4, -0.2) is 31.4 Å². The highest BCUT2D eigenvalue weighted by Gasteiger charge is 2.35. The van der Waals surface area contributed by atoms with E-state index in [1.807, 2.05) is 24.3 Å². The highest BCUT2D eigenvalue weighted by molar-refractivity contribution is 6.00. The summed E-state index contributed by atoms with van der Waals surface area (Å²) in [5.74, 6) is -1.07. The summed E-state index contributed by atoms with van der Waals surface area (Å²) in [5, 5.41) is 2.75. The van der Waals surface area contributed by atoms with E-state index in [0.717, 1.165) is 24.5 Å². The van der Waals surface area contributed by atoms with Crippen LogP contribution in [0.15, 0.2) is 48.5 Å². The Bertz CT molecular complexity index is 834. The third-order valence-corrected chi connectivity index (χ3v) is 5.20. The van der Waals surface area contributed by atoms with E-state index in [1.54, 1.807) is 23.1 Å². The van der Waals surface area contributed by atoms with Crippen molar-refractivity contribution in [1.29, 1.82) is 0 Å². The zero-order valence-corrected chi connectivity index (χ0v) is 16.3. The zero-order valence-electron chi connectivity index (χ0n) is 16.3. The molecule has 1 aliphatic heterocycles. The van der Waals surface area contributed by atoms with Crippen molar-refractivity contribution in [1.82, 2.24) is 5.32 Å². The Morgan fingerprint density at radius 3 is 2.46 bits per heavy atom. The molecule has 0 saturated carbocycles. The van der Waals surface area contributed by atoms with Gasteiger partial charge in [0.25, 0.3) is 0 Å². The molecule has 0 radical (unpaired) electrons. The van der Waals surface area contributed by atoms with Crippen molar-refractivity contribution >= 4 is 23.2 Å². The predicted molar refractivity (Wildman–Crippen MR) is 109 cm³/mol. The van der Waals surface area contributed by atoms with Crippen LogP contribution in [0.3, 0.4) is 0 Å². The number of halogens is 1. The van der Waals surface area contributed by atoms with E-state index in [4.69, 9.17) is 0 Å². The van der Waals surface area contributed by atoms with E-state index in [1.165, 1.54) is 6.07 Å². The lowest BCUT2D eigenvalue weighted by molar-refractivity contribution is -0.126. The minimum atomic E-state index is -0.429. The van der Waals surface area contributed by atoms with Crippen molar-refractivity contribution in [2.75, 3.05) is 29.4 Å². The number of carbonyl (C=O) groups excluding carboxylic acids is 2. The van der Waals surface area contributed by atoms with Crippen molar-refractivity contribution in [2.24, 2.45) is 5.92 Å². The summed E-state index contributed by atoms with van der Waals surface area (Å²) >= 11 is 0. The van der Waals surface area contributed by atoms with Crippen LogP contribution in [-0.2, 0) is 16.1 Å². The molecule has 1 unspecified atom stereocenters. The van der Waals surface area contributed by atoms with Gasteiger partial charge in [-0.3, -0.25) is 9.59 Å². The maximum Gasteiger partial charge on any atom is 0.227 e. The molecule has 0 spiro atoms. The normalized spacial score (nSPS) is 16.3. The summed E-state index contributed by atoms with van der Waals surface area (Å²) in [4.78, 5) is 28.8. The summed E-state index contributed by atoms with van der Waals surface area (Å²) < 4.78 is 13.7. The molecule has 0 bridgehead atoms. The van der Waals surface area contributed by atoms with Crippen LogP contribution < -0.4 is 15.1 Å². The molecule has 1 aliphatic rings. The lowest BCUT2D eigenvalue weighted by atomic mass is 10.1. The van der Waals surface area contributed by atoms with Gasteiger partial charge in [-0.05, 0) is 44.2 Å². The van der Waals surface area contributed by atoms with Crippen LogP contribution in [0.5, 0.6) is 0 Å². The number of hydrogen-bond donors (Lipinski definition) is 1. The molecule has 1 fully saturated rings. The van der Waals surface area contributed by atoms with Gasteiger partial charge in [-0.1, -0.05) is 18.2 Å². The second kappa shape index (κ2) is 8.87. The number of nitrogens with zero attached hydrogens (tertiary/aromatic N) is 2. The van der Waals surface area contributed by atoms with Gasteiger partial charge in [0.2, 0.25) is 11.8 Å². The first kappa shape index (κ1) is 19.9. The molecule has 2 aromatic rings. The molecule has 5 nitrogen and oxygen atoms in total. The molecule has 1 N–H and O–H groups in total. The molecule has 1 atom stereocenters. The Balaban J connectivity index is 1.61. The summed E-state index contributed by atoms with van der Waals surface area (Å²) in [7, 11) is 0. The number of rotatable bonds is 7. The van der Waals surface area contributed by atoms with Gasteiger partial charge >= 0.3 is 0 Å². The van der Waals surface area contributed by atoms with E-state index in [9.17, 15) is 14.0 Å². The molecule has 0 aliphatic carbocycles. The van der Waals surface area contributed by atoms with Gasteiger partial charge < -0.3 is 15.1 Å². The maximum atomic E-state index is 13.7. The third-order valence-electron chi connectivity index (χ3n) is 5.20. The van der Waals surface area contributed by atoms with E-state index >= 15 is 0 Å². The Morgan fingerprint density at radius 2 is 1.82 bits per heavy atom. The van der Waals surface area contributed by atoms with Crippen LogP contribution in [0.25, 0.3) is 0 Å². The standard InChI is InChI=1S/C22H26FN3O2/c1-3-25(4-2)18-9-11-19(12-10-18)26-15-17(13-21(26)27)22(28)24-14-16-7-5-6-8-20(16)23/h5-12,17H,3-4,13-15H2,1-2H3,(H,24,28). The van der Waals surface area contributed by atoms with Gasteiger partial charge in [0.15, 0.2) is 0 Å². The first-order valence-corrected chi connectivity index (χ1v) is 9.70. The van der Waals surface area contributed by atoms with Gasteiger partial charge in [-0.2, -0.15) is 0 Å². The van der Waals surface area contributed by atoms with Crippen LogP contribution >= 0.6 is 0 Å². The largest absolute Gasteiger partial charge is 0.372 e.